The number of hydrogen-bond acceptors (Lipinski definition) is 1. The van der Waals surface area contributed by atoms with Crippen LogP contribution in [0.25, 0.3) is 86.2 Å². The minimum Gasteiger partial charge on any atom is -0.135 e. The van der Waals surface area contributed by atoms with Gasteiger partial charge in [0.1, 0.15) is 0 Å². The molecule has 0 spiro atoms. The van der Waals surface area contributed by atoms with Crippen molar-refractivity contribution in [3.8, 4) is 44.5 Å². The molecule has 1 aromatic heterocycles. The molecule has 234 valence electrons. The van der Waals surface area contributed by atoms with Crippen LogP contribution < -0.4 is 0 Å². The molecule has 1 heteroatoms. The van der Waals surface area contributed by atoms with Crippen LogP contribution in [0.1, 0.15) is 19.4 Å². The van der Waals surface area contributed by atoms with Gasteiger partial charge in [-0.1, -0.05) is 159 Å². The molecule has 0 saturated carbocycles. The van der Waals surface area contributed by atoms with Crippen molar-refractivity contribution in [3.05, 3.63) is 169 Å². The average molecular weight is 645 g/mol. The molecule has 0 fully saturated rings. The molecule has 9 aromatic rings. The fourth-order valence-electron chi connectivity index (χ4n) is 7.70. The Hall–Kier alpha value is -5.50. The van der Waals surface area contributed by atoms with Crippen molar-refractivity contribution in [2.75, 3.05) is 0 Å². The Labute approximate surface area is 291 Å². The molecule has 0 saturated heterocycles. The van der Waals surface area contributed by atoms with Gasteiger partial charge in [-0.2, -0.15) is 0 Å². The van der Waals surface area contributed by atoms with Crippen molar-refractivity contribution in [1.82, 2.24) is 0 Å². The third kappa shape index (κ3) is 5.23. The van der Waals surface area contributed by atoms with Crippen LogP contribution >= 0.6 is 11.3 Å². The fraction of sp³-hybridized carbons (Fsp3) is 0.0833. The summed E-state index contributed by atoms with van der Waals surface area (Å²) in [6.07, 6.45) is 1.09. The third-order valence-corrected chi connectivity index (χ3v) is 11.1. The number of fused-ring (bicyclic) bond motifs is 5. The number of rotatable bonds is 6. The molecule has 0 nitrogen and oxygen atoms in total. The van der Waals surface area contributed by atoms with Gasteiger partial charge in [-0.05, 0) is 102 Å². The van der Waals surface area contributed by atoms with Gasteiger partial charge in [0.2, 0.25) is 0 Å². The summed E-state index contributed by atoms with van der Waals surface area (Å²) >= 11 is 1.89. The first kappa shape index (κ1) is 29.6. The maximum Gasteiger partial charge on any atom is 0.0433 e. The Kier molecular flexibility index (Phi) is 7.37. The van der Waals surface area contributed by atoms with E-state index in [9.17, 15) is 0 Å². The molecule has 9 rings (SSSR count). The minimum absolute atomic E-state index is 0.627. The van der Waals surface area contributed by atoms with Crippen LogP contribution in [-0.2, 0) is 6.42 Å². The van der Waals surface area contributed by atoms with Crippen molar-refractivity contribution in [1.29, 1.82) is 0 Å². The average Bonchev–Trinajstić information content (AvgIpc) is 3.53. The van der Waals surface area contributed by atoms with E-state index in [4.69, 9.17) is 0 Å². The molecule has 1 heterocycles. The SMILES string of the molecule is CC(C)Cc1ccc(-c2c3ccccc3c(-c3ccccc3)c3ccc(-c4cccc(-c5cccc6c5sc5ccccc56)c4)cc23)cc1. The van der Waals surface area contributed by atoms with E-state index in [0.29, 0.717) is 5.92 Å². The van der Waals surface area contributed by atoms with Gasteiger partial charge in [-0.3, -0.25) is 0 Å². The first-order chi connectivity index (χ1) is 24.1. The van der Waals surface area contributed by atoms with E-state index >= 15 is 0 Å². The quantitative estimate of drug-likeness (QED) is 0.158. The second-order valence-electron chi connectivity index (χ2n) is 13.6. The molecule has 8 aromatic carbocycles. The van der Waals surface area contributed by atoms with E-state index in [1.54, 1.807) is 0 Å². The van der Waals surface area contributed by atoms with Gasteiger partial charge < -0.3 is 0 Å². The first-order valence-corrected chi connectivity index (χ1v) is 18.1. The third-order valence-electron chi connectivity index (χ3n) is 9.88. The highest BCUT2D eigenvalue weighted by Crippen LogP contribution is 2.45. The van der Waals surface area contributed by atoms with E-state index in [-0.39, 0.29) is 0 Å². The van der Waals surface area contributed by atoms with Crippen LogP contribution in [0.4, 0.5) is 0 Å². The molecular weight excluding hydrogens is 609 g/mol. The molecule has 0 atom stereocenters. The second-order valence-corrected chi connectivity index (χ2v) is 14.6. The largest absolute Gasteiger partial charge is 0.135 e. The van der Waals surface area contributed by atoms with Crippen LogP contribution in [0.5, 0.6) is 0 Å². The van der Waals surface area contributed by atoms with Gasteiger partial charge >= 0.3 is 0 Å². The summed E-state index contributed by atoms with van der Waals surface area (Å²) in [6.45, 7) is 4.58. The zero-order chi connectivity index (χ0) is 32.9. The molecule has 0 aliphatic carbocycles. The zero-order valence-electron chi connectivity index (χ0n) is 27.8. The molecule has 0 aliphatic rings. The van der Waals surface area contributed by atoms with E-state index in [2.05, 4.69) is 178 Å². The van der Waals surface area contributed by atoms with Gasteiger partial charge in [0.15, 0.2) is 0 Å². The van der Waals surface area contributed by atoms with E-state index < -0.39 is 0 Å². The maximum atomic E-state index is 2.44. The molecule has 0 bridgehead atoms. The fourth-order valence-corrected chi connectivity index (χ4v) is 8.94. The van der Waals surface area contributed by atoms with Gasteiger partial charge in [-0.15, -0.1) is 11.3 Å². The Bertz CT molecular complexity index is 2640. The molecule has 49 heavy (non-hydrogen) atoms. The lowest BCUT2D eigenvalue weighted by Gasteiger charge is -2.19. The van der Waals surface area contributed by atoms with Gasteiger partial charge in [0.05, 0.1) is 0 Å². The molecule has 0 unspecified atom stereocenters. The summed E-state index contributed by atoms with van der Waals surface area (Å²) < 4.78 is 2.68. The second kappa shape index (κ2) is 12.2. The Morgan fingerprint density at radius 2 is 0.959 bits per heavy atom. The minimum atomic E-state index is 0.627. The Morgan fingerprint density at radius 1 is 0.408 bits per heavy atom. The summed E-state index contributed by atoms with van der Waals surface area (Å²) in [5.41, 5.74) is 11.5. The smallest absolute Gasteiger partial charge is 0.0433 e. The molecule has 0 radical (unpaired) electrons. The first-order valence-electron chi connectivity index (χ1n) is 17.3. The van der Waals surface area contributed by atoms with E-state index in [1.165, 1.54) is 91.8 Å². The standard InChI is InChI=1S/C48H36S/c1-31(2)28-32-22-24-34(25-23-32)47-41-18-7-6-17-40(41)46(33-12-4-3-5-13-33)42-27-26-36(30-44(42)47)35-14-10-15-37(29-35)38-19-11-20-43-39-16-8-9-21-45(39)49-48(38)43/h3-27,29-31H,28H2,1-2H3. The van der Waals surface area contributed by atoms with Crippen LogP contribution in [0.15, 0.2) is 164 Å². The van der Waals surface area contributed by atoms with Crippen molar-refractivity contribution >= 4 is 53.1 Å². The van der Waals surface area contributed by atoms with Crippen molar-refractivity contribution in [2.24, 2.45) is 5.92 Å². The summed E-state index contributed by atoms with van der Waals surface area (Å²) in [7, 11) is 0. The van der Waals surface area contributed by atoms with Crippen molar-refractivity contribution in [2.45, 2.75) is 20.3 Å². The van der Waals surface area contributed by atoms with E-state index in [0.717, 1.165) is 6.42 Å². The summed E-state index contributed by atoms with van der Waals surface area (Å²) in [4.78, 5) is 0. The Morgan fingerprint density at radius 3 is 1.73 bits per heavy atom. The molecule has 0 N–H and O–H groups in total. The highest BCUT2D eigenvalue weighted by atomic mass is 32.1. The lowest BCUT2D eigenvalue weighted by atomic mass is 9.84. The van der Waals surface area contributed by atoms with Crippen molar-refractivity contribution in [3.63, 3.8) is 0 Å². The highest BCUT2D eigenvalue weighted by Gasteiger charge is 2.18. The number of thiophene rings is 1. The zero-order valence-corrected chi connectivity index (χ0v) is 28.6. The molecule has 0 aliphatic heterocycles. The lowest BCUT2D eigenvalue weighted by Crippen LogP contribution is -1.94. The van der Waals surface area contributed by atoms with Crippen LogP contribution in [-0.4, -0.2) is 0 Å². The van der Waals surface area contributed by atoms with Crippen molar-refractivity contribution < 1.29 is 0 Å². The normalized spacial score (nSPS) is 11.7. The summed E-state index contributed by atoms with van der Waals surface area (Å²) in [5.74, 6) is 0.627. The Balaban J connectivity index is 1.27. The lowest BCUT2D eigenvalue weighted by molar-refractivity contribution is 0.647. The van der Waals surface area contributed by atoms with Gasteiger partial charge in [-0.25, -0.2) is 0 Å². The van der Waals surface area contributed by atoms with Crippen LogP contribution in [0.2, 0.25) is 0 Å². The molecule has 0 amide bonds. The highest BCUT2D eigenvalue weighted by molar-refractivity contribution is 7.26. The predicted molar refractivity (Wildman–Crippen MR) is 215 cm³/mol. The van der Waals surface area contributed by atoms with E-state index in [1.807, 2.05) is 11.3 Å². The van der Waals surface area contributed by atoms with Crippen LogP contribution in [0.3, 0.4) is 0 Å². The maximum absolute atomic E-state index is 2.44. The summed E-state index contributed by atoms with van der Waals surface area (Å²) in [6, 6.07) is 60.9. The monoisotopic (exact) mass is 644 g/mol. The van der Waals surface area contributed by atoms with Crippen LogP contribution in [0, 0.1) is 5.92 Å². The van der Waals surface area contributed by atoms with Gasteiger partial charge in [0, 0.05) is 20.2 Å². The molecular formula is C48H36S. The number of benzene rings is 8. The summed E-state index contributed by atoms with van der Waals surface area (Å²) in [5, 5.41) is 7.80. The number of hydrogen-bond donors (Lipinski definition) is 0. The predicted octanol–water partition coefficient (Wildman–Crippen LogP) is 14.2. The topological polar surface area (TPSA) is 0 Å². The van der Waals surface area contributed by atoms with Gasteiger partial charge in [0.25, 0.3) is 0 Å².